The van der Waals surface area contributed by atoms with Crippen molar-refractivity contribution < 1.29 is 4.52 Å². The minimum Gasteiger partial charge on any atom is -0.340 e. The second-order valence-corrected chi connectivity index (χ2v) is 4.14. The first-order valence-corrected chi connectivity index (χ1v) is 5.76. The van der Waals surface area contributed by atoms with Crippen LogP contribution in [0.4, 0.5) is 0 Å². The van der Waals surface area contributed by atoms with Crippen molar-refractivity contribution in [3.05, 3.63) is 30.2 Å². The molecule has 0 aliphatic carbocycles. The summed E-state index contributed by atoms with van der Waals surface area (Å²) in [4.78, 5) is 3.95. The van der Waals surface area contributed by atoms with Gasteiger partial charge in [0, 0.05) is 31.7 Å². The van der Waals surface area contributed by atoms with Crippen LogP contribution in [0.25, 0.3) is 0 Å². The Morgan fingerprint density at radius 1 is 1.47 bits per heavy atom. The lowest BCUT2D eigenvalue weighted by Gasteiger charge is -2.04. The molecule has 0 aromatic carbocycles. The Labute approximate surface area is 100 Å². The molecule has 92 valence electrons. The molecule has 6 nitrogen and oxygen atoms in total. The molecule has 0 atom stereocenters. The molecule has 2 heterocycles. The maximum Gasteiger partial charge on any atom is 0.227 e. The van der Waals surface area contributed by atoms with E-state index in [4.69, 9.17) is 4.52 Å². The maximum atomic E-state index is 4.90. The lowest BCUT2D eigenvalue weighted by Crippen LogP contribution is -2.17. The van der Waals surface area contributed by atoms with Gasteiger partial charge in [0.1, 0.15) is 0 Å². The van der Waals surface area contributed by atoms with Crippen molar-refractivity contribution in [3.8, 4) is 0 Å². The van der Waals surface area contributed by atoms with Gasteiger partial charge in [-0.1, -0.05) is 5.16 Å². The molecule has 2 rings (SSSR count). The topological polar surface area (TPSA) is 68.8 Å². The van der Waals surface area contributed by atoms with Crippen LogP contribution in [0.1, 0.15) is 31.5 Å². The van der Waals surface area contributed by atoms with Gasteiger partial charge in [-0.25, -0.2) is 0 Å². The van der Waals surface area contributed by atoms with Crippen molar-refractivity contribution in [1.29, 1.82) is 0 Å². The second kappa shape index (κ2) is 5.58. The monoisotopic (exact) mass is 235 g/mol. The van der Waals surface area contributed by atoms with Crippen molar-refractivity contribution in [2.75, 3.05) is 6.54 Å². The van der Waals surface area contributed by atoms with E-state index in [0.717, 1.165) is 25.2 Å². The van der Waals surface area contributed by atoms with Gasteiger partial charge in [-0.15, -0.1) is 0 Å². The molecule has 0 unspecified atom stereocenters. The Kier molecular flexibility index (Phi) is 3.87. The average Bonchev–Trinajstić information content (AvgIpc) is 2.96. The van der Waals surface area contributed by atoms with Crippen LogP contribution in [-0.2, 0) is 13.0 Å². The highest BCUT2D eigenvalue weighted by Gasteiger charge is 2.02. The fourth-order valence-corrected chi connectivity index (χ4v) is 1.48. The predicted octanol–water partition coefficient (Wildman–Crippen LogP) is 1.18. The first-order valence-electron chi connectivity index (χ1n) is 5.76. The summed E-state index contributed by atoms with van der Waals surface area (Å²) in [5, 5.41) is 11.3. The minimum atomic E-state index is 0.405. The fraction of sp³-hybridized carbons (Fsp3) is 0.545. The Balaban J connectivity index is 1.71. The number of rotatable bonds is 6. The summed E-state index contributed by atoms with van der Waals surface area (Å²) in [6.07, 6.45) is 4.16. The summed E-state index contributed by atoms with van der Waals surface area (Å²) in [7, 11) is 0. The van der Waals surface area contributed by atoms with Gasteiger partial charge >= 0.3 is 0 Å². The third-order valence-corrected chi connectivity index (χ3v) is 2.42. The molecular weight excluding hydrogens is 218 g/mol. The van der Waals surface area contributed by atoms with E-state index in [-0.39, 0.29) is 0 Å². The largest absolute Gasteiger partial charge is 0.340 e. The van der Waals surface area contributed by atoms with E-state index in [1.165, 1.54) is 6.33 Å². The van der Waals surface area contributed by atoms with Crippen LogP contribution in [0.3, 0.4) is 0 Å². The lowest BCUT2D eigenvalue weighted by molar-refractivity contribution is 0.374. The standard InChI is InChI=1S/C11H17N5O/c1-9(2)16-6-4-10(15-16)7-12-5-3-11-13-8-14-17-11/h4,6,8-9,12H,3,5,7H2,1-2H3. The van der Waals surface area contributed by atoms with Crippen LogP contribution in [0.2, 0.25) is 0 Å². The number of aromatic nitrogens is 4. The molecular formula is C11H17N5O. The van der Waals surface area contributed by atoms with E-state index < -0.39 is 0 Å². The molecule has 2 aromatic rings. The highest BCUT2D eigenvalue weighted by molar-refractivity contribution is 4.99. The molecule has 0 aliphatic heterocycles. The Morgan fingerprint density at radius 2 is 2.35 bits per heavy atom. The molecule has 0 bridgehead atoms. The molecule has 0 radical (unpaired) electrons. The van der Waals surface area contributed by atoms with Gasteiger partial charge in [-0.2, -0.15) is 10.1 Å². The van der Waals surface area contributed by atoms with Crippen LogP contribution in [0.5, 0.6) is 0 Å². The Bertz CT molecular complexity index is 434. The zero-order chi connectivity index (χ0) is 12.1. The van der Waals surface area contributed by atoms with Gasteiger partial charge in [0.05, 0.1) is 5.69 Å². The molecule has 0 saturated carbocycles. The predicted molar refractivity (Wildman–Crippen MR) is 62.3 cm³/mol. The molecule has 2 aromatic heterocycles. The van der Waals surface area contributed by atoms with Crippen molar-refractivity contribution in [3.63, 3.8) is 0 Å². The number of hydrogen-bond donors (Lipinski definition) is 1. The van der Waals surface area contributed by atoms with Gasteiger partial charge in [-0.3, -0.25) is 4.68 Å². The summed E-state index contributed by atoms with van der Waals surface area (Å²) in [6.45, 7) is 5.78. The van der Waals surface area contributed by atoms with Crippen molar-refractivity contribution in [1.82, 2.24) is 25.2 Å². The molecule has 6 heteroatoms. The van der Waals surface area contributed by atoms with Gasteiger partial charge in [0.2, 0.25) is 5.89 Å². The first-order chi connectivity index (χ1) is 8.25. The molecule has 0 amide bonds. The summed E-state index contributed by atoms with van der Waals surface area (Å²) in [5.74, 6) is 0.658. The number of nitrogens with zero attached hydrogens (tertiary/aromatic N) is 4. The summed E-state index contributed by atoms with van der Waals surface area (Å²) in [5.41, 5.74) is 1.05. The molecule has 0 aliphatic rings. The van der Waals surface area contributed by atoms with Crippen LogP contribution >= 0.6 is 0 Å². The molecule has 0 saturated heterocycles. The maximum absolute atomic E-state index is 4.90. The van der Waals surface area contributed by atoms with E-state index in [2.05, 4.69) is 34.4 Å². The highest BCUT2D eigenvalue weighted by Crippen LogP contribution is 2.03. The van der Waals surface area contributed by atoms with Gasteiger partial charge in [0.15, 0.2) is 6.33 Å². The van der Waals surface area contributed by atoms with E-state index in [1.54, 1.807) is 0 Å². The first kappa shape index (κ1) is 11.8. The zero-order valence-corrected chi connectivity index (χ0v) is 10.1. The normalized spacial score (nSPS) is 11.2. The summed E-state index contributed by atoms with van der Waals surface area (Å²) >= 11 is 0. The van der Waals surface area contributed by atoms with Crippen molar-refractivity contribution in [2.45, 2.75) is 32.9 Å². The van der Waals surface area contributed by atoms with Crippen molar-refractivity contribution >= 4 is 0 Å². The van der Waals surface area contributed by atoms with Crippen LogP contribution in [0, 0.1) is 0 Å². The molecule has 0 fully saturated rings. The number of nitrogens with one attached hydrogen (secondary N) is 1. The van der Waals surface area contributed by atoms with Crippen LogP contribution < -0.4 is 5.32 Å². The van der Waals surface area contributed by atoms with Gasteiger partial charge in [-0.05, 0) is 19.9 Å². The SMILES string of the molecule is CC(C)n1ccc(CNCCc2ncno2)n1. The van der Waals surface area contributed by atoms with E-state index in [0.29, 0.717) is 11.9 Å². The number of hydrogen-bond acceptors (Lipinski definition) is 5. The van der Waals surface area contributed by atoms with Gasteiger partial charge < -0.3 is 9.84 Å². The summed E-state index contributed by atoms with van der Waals surface area (Å²) < 4.78 is 6.85. The zero-order valence-electron chi connectivity index (χ0n) is 10.1. The Hall–Kier alpha value is -1.69. The smallest absolute Gasteiger partial charge is 0.227 e. The highest BCUT2D eigenvalue weighted by atomic mass is 16.5. The van der Waals surface area contributed by atoms with Crippen LogP contribution in [-0.4, -0.2) is 26.5 Å². The molecule has 1 N–H and O–H groups in total. The summed E-state index contributed by atoms with van der Waals surface area (Å²) in [6, 6.07) is 2.43. The quantitative estimate of drug-likeness (QED) is 0.761. The third-order valence-electron chi connectivity index (χ3n) is 2.42. The van der Waals surface area contributed by atoms with E-state index >= 15 is 0 Å². The fourth-order valence-electron chi connectivity index (χ4n) is 1.48. The molecule has 17 heavy (non-hydrogen) atoms. The second-order valence-electron chi connectivity index (χ2n) is 4.14. The lowest BCUT2D eigenvalue weighted by atomic mass is 10.4. The third kappa shape index (κ3) is 3.39. The molecule has 0 spiro atoms. The average molecular weight is 235 g/mol. The van der Waals surface area contributed by atoms with Crippen LogP contribution in [0.15, 0.2) is 23.1 Å². The van der Waals surface area contributed by atoms with E-state index in [9.17, 15) is 0 Å². The van der Waals surface area contributed by atoms with Gasteiger partial charge in [0.25, 0.3) is 0 Å². The van der Waals surface area contributed by atoms with Crippen molar-refractivity contribution in [2.24, 2.45) is 0 Å². The minimum absolute atomic E-state index is 0.405. The Morgan fingerprint density at radius 3 is 3.00 bits per heavy atom. The van der Waals surface area contributed by atoms with E-state index in [1.807, 2.05) is 16.9 Å².